The number of anilines is 1. The number of rotatable bonds is 10. The molecule has 3 aromatic rings. The summed E-state index contributed by atoms with van der Waals surface area (Å²) in [5.74, 6) is -1.05. The molecule has 1 heterocycles. The third-order valence-electron chi connectivity index (χ3n) is 8.08. The number of primary amides is 1. The van der Waals surface area contributed by atoms with Crippen molar-refractivity contribution >= 4 is 11.6 Å². The number of nitrogen functional groups attached to an aromatic ring is 1. The number of nitrogens with zero attached hydrogens (tertiary/aromatic N) is 1. The fourth-order valence-corrected chi connectivity index (χ4v) is 5.70. The van der Waals surface area contributed by atoms with Gasteiger partial charge in [0.1, 0.15) is 0 Å². The topological polar surface area (TPSA) is 84.4 Å². The van der Waals surface area contributed by atoms with Crippen molar-refractivity contribution in [2.45, 2.75) is 44.1 Å². The minimum atomic E-state index is -0.784. The number of nitrogens with two attached hydrogens (primary N) is 2. The maximum atomic E-state index is 13.5. The standard InChI is InChI=1S/C31H36F2N4O/c32-27-10-8-22(17-28(27)33)25-18-30(25)36-19-21-11-14-37(15-12-21)13-3-4-20-7-9-24(31(35)38)26(16-20)23-5-1-2-6-29(23)34/h1-2,5-10,16-17,21,25,30,36H,3-4,11-15,18-19,34H2,(H2,35,38). The molecule has 2 atom stereocenters. The summed E-state index contributed by atoms with van der Waals surface area (Å²) in [5.41, 5.74) is 16.6. The maximum absolute atomic E-state index is 13.5. The number of amides is 1. The van der Waals surface area contributed by atoms with Crippen molar-refractivity contribution in [3.05, 3.63) is 89.0 Å². The number of carbonyl (C=O) groups is 1. The van der Waals surface area contributed by atoms with E-state index in [0.29, 0.717) is 29.1 Å². The van der Waals surface area contributed by atoms with Gasteiger partial charge in [-0.05, 0) is 105 Å². The summed E-state index contributed by atoms with van der Waals surface area (Å²) in [4.78, 5) is 14.5. The fraction of sp³-hybridized carbons (Fsp3) is 0.387. The molecule has 3 aromatic carbocycles. The van der Waals surface area contributed by atoms with Crippen LogP contribution in [0.4, 0.5) is 14.5 Å². The number of halogens is 2. The highest BCUT2D eigenvalue weighted by Crippen LogP contribution is 2.41. The van der Waals surface area contributed by atoms with Gasteiger partial charge in [0.25, 0.3) is 0 Å². The van der Waals surface area contributed by atoms with Gasteiger partial charge in [0.05, 0.1) is 0 Å². The molecule has 2 aliphatic rings. The Labute approximate surface area is 223 Å². The van der Waals surface area contributed by atoms with E-state index in [1.54, 1.807) is 6.07 Å². The molecule has 0 spiro atoms. The van der Waals surface area contributed by atoms with E-state index in [1.807, 2.05) is 36.4 Å². The molecule has 200 valence electrons. The van der Waals surface area contributed by atoms with Crippen LogP contribution in [0.3, 0.4) is 0 Å². The Bertz CT molecular complexity index is 1290. The number of hydrogen-bond acceptors (Lipinski definition) is 4. The minimum absolute atomic E-state index is 0.293. The zero-order valence-corrected chi connectivity index (χ0v) is 21.6. The quantitative estimate of drug-likeness (QED) is 0.326. The summed E-state index contributed by atoms with van der Waals surface area (Å²) in [6, 6.07) is 18.0. The van der Waals surface area contributed by atoms with E-state index in [1.165, 1.54) is 30.5 Å². The predicted molar refractivity (Wildman–Crippen MR) is 148 cm³/mol. The first-order valence-electron chi connectivity index (χ1n) is 13.6. The first-order chi connectivity index (χ1) is 18.4. The molecule has 2 unspecified atom stereocenters. The van der Waals surface area contributed by atoms with Gasteiger partial charge >= 0.3 is 0 Å². The fourth-order valence-electron chi connectivity index (χ4n) is 5.70. The average molecular weight is 519 g/mol. The van der Waals surface area contributed by atoms with Crippen LogP contribution >= 0.6 is 0 Å². The number of aryl methyl sites for hydroxylation is 1. The van der Waals surface area contributed by atoms with Crippen LogP contribution in [0.2, 0.25) is 0 Å². The van der Waals surface area contributed by atoms with E-state index in [4.69, 9.17) is 11.5 Å². The Morgan fingerprint density at radius 2 is 1.76 bits per heavy atom. The number of benzene rings is 3. The highest BCUT2D eigenvalue weighted by Gasteiger charge is 2.38. The first-order valence-corrected chi connectivity index (χ1v) is 13.6. The van der Waals surface area contributed by atoms with Crippen molar-refractivity contribution in [1.29, 1.82) is 0 Å². The summed E-state index contributed by atoms with van der Waals surface area (Å²) >= 11 is 0. The molecular weight excluding hydrogens is 482 g/mol. The van der Waals surface area contributed by atoms with Crippen LogP contribution in [0.25, 0.3) is 11.1 Å². The van der Waals surface area contributed by atoms with E-state index < -0.39 is 17.5 Å². The molecule has 1 saturated carbocycles. The summed E-state index contributed by atoms with van der Waals surface area (Å²) in [7, 11) is 0. The second kappa shape index (κ2) is 11.6. The molecule has 1 saturated heterocycles. The summed E-state index contributed by atoms with van der Waals surface area (Å²) in [5, 5.41) is 3.65. The third-order valence-corrected chi connectivity index (χ3v) is 8.08. The van der Waals surface area contributed by atoms with Gasteiger partial charge in [0, 0.05) is 28.8 Å². The monoisotopic (exact) mass is 518 g/mol. The van der Waals surface area contributed by atoms with Crippen molar-refractivity contribution in [2.24, 2.45) is 11.7 Å². The van der Waals surface area contributed by atoms with Gasteiger partial charge in [-0.1, -0.05) is 36.4 Å². The zero-order valence-electron chi connectivity index (χ0n) is 21.6. The lowest BCUT2D eigenvalue weighted by atomic mass is 9.94. The van der Waals surface area contributed by atoms with E-state index >= 15 is 0 Å². The number of likely N-dealkylation sites (tertiary alicyclic amines) is 1. The highest BCUT2D eigenvalue weighted by molar-refractivity contribution is 6.01. The van der Waals surface area contributed by atoms with Crippen molar-refractivity contribution in [2.75, 3.05) is 31.9 Å². The van der Waals surface area contributed by atoms with Gasteiger partial charge in [-0.3, -0.25) is 4.79 Å². The van der Waals surface area contributed by atoms with E-state index in [9.17, 15) is 13.6 Å². The molecule has 5 nitrogen and oxygen atoms in total. The lowest BCUT2D eigenvalue weighted by molar-refractivity contribution is 0.100. The number of carbonyl (C=O) groups excluding carboxylic acids is 1. The molecule has 38 heavy (non-hydrogen) atoms. The van der Waals surface area contributed by atoms with Crippen LogP contribution in [0, 0.1) is 17.6 Å². The van der Waals surface area contributed by atoms with Crippen LogP contribution in [-0.4, -0.2) is 43.0 Å². The molecule has 1 amide bonds. The summed E-state index contributed by atoms with van der Waals surface area (Å²) in [6.45, 7) is 4.21. The van der Waals surface area contributed by atoms with Gasteiger partial charge in [-0.2, -0.15) is 0 Å². The number of hydrogen-bond donors (Lipinski definition) is 3. The highest BCUT2D eigenvalue weighted by atomic mass is 19.2. The predicted octanol–water partition coefficient (Wildman–Crippen LogP) is 5.10. The van der Waals surface area contributed by atoms with Gasteiger partial charge in [0.2, 0.25) is 5.91 Å². The molecular formula is C31H36F2N4O. The second-order valence-electron chi connectivity index (χ2n) is 10.8. The molecule has 0 bridgehead atoms. The van der Waals surface area contributed by atoms with Crippen LogP contribution in [0.15, 0.2) is 60.7 Å². The molecule has 5 N–H and O–H groups in total. The Balaban J connectivity index is 1.05. The first kappa shape index (κ1) is 26.3. The lowest BCUT2D eigenvalue weighted by Crippen LogP contribution is -2.38. The molecule has 2 fully saturated rings. The van der Waals surface area contributed by atoms with Crippen molar-refractivity contribution in [1.82, 2.24) is 10.2 Å². The molecule has 5 rings (SSSR count). The normalized spacial score (nSPS) is 19.9. The molecule has 0 aromatic heterocycles. The van der Waals surface area contributed by atoms with Gasteiger partial charge in [-0.25, -0.2) is 8.78 Å². The molecule has 0 radical (unpaired) electrons. The second-order valence-corrected chi connectivity index (χ2v) is 10.8. The van der Waals surface area contributed by atoms with Crippen molar-refractivity contribution in [3.63, 3.8) is 0 Å². The van der Waals surface area contributed by atoms with E-state index in [-0.39, 0.29) is 0 Å². The summed E-state index contributed by atoms with van der Waals surface area (Å²) < 4.78 is 26.7. The zero-order chi connectivity index (χ0) is 26.6. The van der Waals surface area contributed by atoms with E-state index in [2.05, 4.69) is 16.3 Å². The number of nitrogens with one attached hydrogen (secondary N) is 1. The van der Waals surface area contributed by atoms with Gasteiger partial charge in [-0.15, -0.1) is 0 Å². The van der Waals surface area contributed by atoms with E-state index in [0.717, 1.165) is 62.1 Å². The average Bonchev–Trinajstić information content (AvgIpc) is 3.70. The lowest BCUT2D eigenvalue weighted by Gasteiger charge is -2.32. The van der Waals surface area contributed by atoms with Crippen LogP contribution in [0.5, 0.6) is 0 Å². The Morgan fingerprint density at radius 3 is 2.50 bits per heavy atom. The number of piperidine rings is 1. The number of para-hydroxylation sites is 1. The smallest absolute Gasteiger partial charge is 0.249 e. The SMILES string of the molecule is NC(=O)c1ccc(CCCN2CCC(CNC3CC3c3ccc(F)c(F)c3)CC2)cc1-c1ccccc1N. The van der Waals surface area contributed by atoms with Crippen LogP contribution < -0.4 is 16.8 Å². The van der Waals surface area contributed by atoms with Crippen LogP contribution in [-0.2, 0) is 6.42 Å². The maximum Gasteiger partial charge on any atom is 0.249 e. The van der Waals surface area contributed by atoms with Crippen molar-refractivity contribution in [3.8, 4) is 11.1 Å². The van der Waals surface area contributed by atoms with Gasteiger partial charge in [0.15, 0.2) is 11.6 Å². The Kier molecular flexibility index (Phi) is 8.05. The Hall–Kier alpha value is -3.29. The largest absolute Gasteiger partial charge is 0.398 e. The molecule has 7 heteroatoms. The third kappa shape index (κ3) is 6.22. The summed E-state index contributed by atoms with van der Waals surface area (Å²) in [6.07, 6.45) is 5.29. The Morgan fingerprint density at radius 1 is 0.974 bits per heavy atom. The van der Waals surface area contributed by atoms with Gasteiger partial charge < -0.3 is 21.7 Å². The minimum Gasteiger partial charge on any atom is -0.398 e. The van der Waals surface area contributed by atoms with Crippen molar-refractivity contribution < 1.29 is 13.6 Å². The van der Waals surface area contributed by atoms with Crippen LogP contribution in [0.1, 0.15) is 53.1 Å². The molecule has 1 aliphatic carbocycles. The molecule has 1 aliphatic heterocycles.